The van der Waals surface area contributed by atoms with Crippen molar-refractivity contribution in [2.24, 2.45) is 0 Å². The van der Waals surface area contributed by atoms with Crippen LogP contribution in [-0.2, 0) is 11.5 Å². The Bertz CT molecular complexity index is 679. The molecule has 120 valence electrons. The zero-order valence-electron chi connectivity index (χ0n) is 13.7. The average Bonchev–Trinajstić information content (AvgIpc) is 2.81. The van der Waals surface area contributed by atoms with Crippen molar-refractivity contribution in [3.05, 3.63) is 12.0 Å². The molecular formula is C14H22N4O3Si. The Labute approximate surface area is 130 Å². The molecule has 0 aliphatic heterocycles. The number of carbonyl (C=O) groups excluding carboxylic acids is 1. The number of ketones is 1. The molecule has 2 aromatic heterocycles. The van der Waals surface area contributed by atoms with Crippen molar-refractivity contribution in [1.82, 2.24) is 19.7 Å². The number of Topliss-reactive ketones (excluding diaryl/α,β-unsaturated/α-hetero) is 1. The lowest BCUT2D eigenvalue weighted by atomic mass is 10.2. The fourth-order valence-corrected chi connectivity index (χ4v) is 2.76. The molecule has 0 fully saturated rings. The lowest BCUT2D eigenvalue weighted by Crippen LogP contribution is -2.22. The van der Waals surface area contributed by atoms with Crippen molar-refractivity contribution in [2.45, 2.75) is 39.3 Å². The summed E-state index contributed by atoms with van der Waals surface area (Å²) >= 11 is 0. The van der Waals surface area contributed by atoms with Crippen LogP contribution in [0, 0.1) is 0 Å². The van der Waals surface area contributed by atoms with Gasteiger partial charge in [0.1, 0.15) is 24.1 Å². The van der Waals surface area contributed by atoms with Gasteiger partial charge in [-0.15, -0.1) is 0 Å². The molecule has 0 aromatic carbocycles. The van der Waals surface area contributed by atoms with Crippen molar-refractivity contribution in [2.75, 3.05) is 13.7 Å². The molecule has 0 radical (unpaired) electrons. The minimum absolute atomic E-state index is 0.154. The van der Waals surface area contributed by atoms with Crippen molar-refractivity contribution in [1.29, 1.82) is 0 Å². The first-order valence-electron chi connectivity index (χ1n) is 7.17. The van der Waals surface area contributed by atoms with Crippen LogP contribution in [0.5, 0.6) is 5.88 Å². The standard InChI is InChI=1S/C14H22N4O3Si/c1-10(19)12-11-13(15-8-16-14(11)20-2)18(17-12)9-21-6-7-22(3,4)5/h8H,6-7,9H2,1-5H3. The second-order valence-corrected chi connectivity index (χ2v) is 12.0. The first-order chi connectivity index (χ1) is 10.3. The highest BCUT2D eigenvalue weighted by atomic mass is 28.3. The highest BCUT2D eigenvalue weighted by Crippen LogP contribution is 2.25. The normalized spacial score (nSPS) is 11.9. The SMILES string of the molecule is COc1ncnc2c1c(C(C)=O)nn2COCC[Si](C)(C)C. The van der Waals surface area contributed by atoms with Gasteiger partial charge in [0, 0.05) is 21.6 Å². The highest BCUT2D eigenvalue weighted by Gasteiger charge is 2.20. The zero-order valence-corrected chi connectivity index (χ0v) is 14.7. The summed E-state index contributed by atoms with van der Waals surface area (Å²) in [6.45, 7) is 9.29. The third-order valence-corrected chi connectivity index (χ3v) is 4.94. The Morgan fingerprint density at radius 1 is 1.32 bits per heavy atom. The number of ether oxygens (including phenoxy) is 2. The smallest absolute Gasteiger partial charge is 0.228 e. The molecule has 0 saturated carbocycles. The predicted molar refractivity (Wildman–Crippen MR) is 86.0 cm³/mol. The van der Waals surface area contributed by atoms with Crippen molar-refractivity contribution < 1.29 is 14.3 Å². The van der Waals surface area contributed by atoms with Crippen LogP contribution in [0.4, 0.5) is 0 Å². The van der Waals surface area contributed by atoms with Crippen LogP contribution in [0.3, 0.4) is 0 Å². The molecular weight excluding hydrogens is 300 g/mol. The maximum atomic E-state index is 11.8. The van der Waals surface area contributed by atoms with Crippen LogP contribution in [0.1, 0.15) is 17.4 Å². The number of methoxy groups -OCH3 is 1. The maximum absolute atomic E-state index is 11.8. The third kappa shape index (κ3) is 3.69. The topological polar surface area (TPSA) is 79.1 Å². The van der Waals surface area contributed by atoms with Gasteiger partial charge in [0.25, 0.3) is 0 Å². The minimum Gasteiger partial charge on any atom is -0.480 e. The van der Waals surface area contributed by atoms with E-state index in [0.29, 0.717) is 29.2 Å². The summed E-state index contributed by atoms with van der Waals surface area (Å²) in [5.74, 6) is 0.197. The number of nitrogens with zero attached hydrogens (tertiary/aromatic N) is 4. The van der Waals surface area contributed by atoms with Crippen molar-refractivity contribution in [3.63, 3.8) is 0 Å². The van der Waals surface area contributed by atoms with Gasteiger partial charge in [0.15, 0.2) is 11.4 Å². The lowest BCUT2D eigenvalue weighted by Gasteiger charge is -2.15. The van der Waals surface area contributed by atoms with E-state index in [-0.39, 0.29) is 12.5 Å². The quantitative estimate of drug-likeness (QED) is 0.442. The van der Waals surface area contributed by atoms with Crippen LogP contribution in [-0.4, -0.2) is 47.3 Å². The van der Waals surface area contributed by atoms with Crippen LogP contribution in [0.15, 0.2) is 6.33 Å². The Hall–Kier alpha value is -1.80. The molecule has 2 heterocycles. The first-order valence-corrected chi connectivity index (χ1v) is 10.9. The fraction of sp³-hybridized carbons (Fsp3) is 0.571. The average molecular weight is 322 g/mol. The van der Waals surface area contributed by atoms with Gasteiger partial charge in [0.05, 0.1) is 7.11 Å². The molecule has 0 aliphatic carbocycles. The number of rotatable bonds is 7. The van der Waals surface area contributed by atoms with Gasteiger partial charge in [-0.25, -0.2) is 14.6 Å². The van der Waals surface area contributed by atoms with E-state index in [4.69, 9.17) is 9.47 Å². The molecule has 2 aromatic rings. The second-order valence-electron chi connectivity index (χ2n) is 6.33. The number of carbonyl (C=O) groups is 1. The summed E-state index contributed by atoms with van der Waals surface area (Å²) in [6, 6.07) is 1.07. The van der Waals surface area contributed by atoms with E-state index in [9.17, 15) is 4.79 Å². The van der Waals surface area contributed by atoms with Crippen LogP contribution >= 0.6 is 0 Å². The molecule has 0 saturated heterocycles. The molecule has 0 unspecified atom stereocenters. The van der Waals surface area contributed by atoms with Crippen LogP contribution in [0.25, 0.3) is 11.0 Å². The molecule has 0 spiro atoms. The van der Waals surface area contributed by atoms with E-state index < -0.39 is 8.07 Å². The molecule has 0 N–H and O–H groups in total. The molecule has 0 aliphatic rings. The summed E-state index contributed by atoms with van der Waals surface area (Å²) in [4.78, 5) is 20.0. The Morgan fingerprint density at radius 2 is 2.05 bits per heavy atom. The summed E-state index contributed by atoms with van der Waals surface area (Å²) in [5, 5.41) is 4.84. The molecule has 0 bridgehead atoms. The van der Waals surface area contributed by atoms with Gasteiger partial charge >= 0.3 is 0 Å². The molecule has 0 amide bonds. The number of hydrogen-bond acceptors (Lipinski definition) is 6. The van der Waals surface area contributed by atoms with E-state index in [1.54, 1.807) is 4.68 Å². The van der Waals surface area contributed by atoms with Crippen LogP contribution in [0.2, 0.25) is 25.7 Å². The van der Waals surface area contributed by atoms with Gasteiger partial charge in [-0.1, -0.05) is 19.6 Å². The summed E-state index contributed by atoms with van der Waals surface area (Å²) in [6.07, 6.45) is 1.39. The maximum Gasteiger partial charge on any atom is 0.228 e. The van der Waals surface area contributed by atoms with E-state index in [1.165, 1.54) is 20.4 Å². The van der Waals surface area contributed by atoms with Gasteiger partial charge in [-0.2, -0.15) is 5.10 Å². The fourth-order valence-electron chi connectivity index (χ4n) is 2.00. The Morgan fingerprint density at radius 3 is 2.64 bits per heavy atom. The predicted octanol–water partition coefficient (Wildman–Crippen LogP) is 2.35. The van der Waals surface area contributed by atoms with Gasteiger partial charge in [-0.3, -0.25) is 4.79 Å². The molecule has 2 rings (SSSR count). The van der Waals surface area contributed by atoms with E-state index in [0.717, 1.165) is 6.04 Å². The molecule has 8 heteroatoms. The highest BCUT2D eigenvalue weighted by molar-refractivity contribution is 6.76. The van der Waals surface area contributed by atoms with E-state index in [2.05, 4.69) is 34.7 Å². The van der Waals surface area contributed by atoms with Crippen LogP contribution < -0.4 is 4.74 Å². The second kappa shape index (κ2) is 6.53. The van der Waals surface area contributed by atoms with Gasteiger partial charge in [0.2, 0.25) is 5.88 Å². The summed E-state index contributed by atoms with van der Waals surface area (Å²) in [7, 11) is 0.377. The Kier molecular flexibility index (Phi) is 4.92. The van der Waals surface area contributed by atoms with Gasteiger partial charge in [-0.05, 0) is 6.04 Å². The molecule has 7 nitrogen and oxygen atoms in total. The van der Waals surface area contributed by atoms with E-state index in [1.807, 2.05) is 0 Å². The zero-order chi connectivity index (χ0) is 16.3. The molecule has 22 heavy (non-hydrogen) atoms. The number of fused-ring (bicyclic) bond motifs is 1. The van der Waals surface area contributed by atoms with Crippen molar-refractivity contribution in [3.8, 4) is 5.88 Å². The number of hydrogen-bond donors (Lipinski definition) is 0. The molecule has 0 atom stereocenters. The Balaban J connectivity index is 2.25. The monoisotopic (exact) mass is 322 g/mol. The lowest BCUT2D eigenvalue weighted by molar-refractivity contribution is 0.0805. The number of aromatic nitrogens is 4. The minimum atomic E-state index is -1.13. The third-order valence-electron chi connectivity index (χ3n) is 3.23. The largest absolute Gasteiger partial charge is 0.480 e. The summed E-state index contributed by atoms with van der Waals surface area (Å²) in [5.41, 5.74) is 0.853. The van der Waals surface area contributed by atoms with Crippen molar-refractivity contribution >= 4 is 24.9 Å². The van der Waals surface area contributed by atoms with E-state index >= 15 is 0 Å². The first kappa shape index (κ1) is 16.6. The van der Waals surface area contributed by atoms with Gasteiger partial charge < -0.3 is 9.47 Å². The summed E-state index contributed by atoms with van der Waals surface area (Å²) < 4.78 is 12.5.